The highest BCUT2D eigenvalue weighted by Gasteiger charge is 1.79. The molecule has 1 atom stereocenters. The van der Waals surface area contributed by atoms with E-state index in [0.717, 1.165) is 6.92 Å². The first-order chi connectivity index (χ1) is 4.50. The molecule has 0 aromatic heterocycles. The Balaban J connectivity index is 4.75. The maximum absolute atomic E-state index is 7.03. The highest BCUT2D eigenvalue weighted by molar-refractivity contribution is 4.43. The summed E-state index contributed by atoms with van der Waals surface area (Å²) in [6, 6.07) is -2.10. The van der Waals surface area contributed by atoms with E-state index in [1.54, 1.807) is 0 Å². The van der Waals surface area contributed by atoms with Crippen LogP contribution in [-0.2, 0) is 0 Å². The van der Waals surface area contributed by atoms with Crippen LogP contribution in [-0.4, -0.2) is 6.02 Å². The molecule has 32 valence electrons. The fourth-order valence-electron chi connectivity index (χ4n) is 0. The van der Waals surface area contributed by atoms with E-state index in [9.17, 15) is 0 Å². The second kappa shape index (κ2) is 2.21. The van der Waals surface area contributed by atoms with Gasteiger partial charge in [-0.05, 0) is 13.3 Å². The standard InChI is InChI=1S/C4H11N/c1-3-4(2)5/h4H,3,5H2,1-2H3/i1D3,3D2,4D. The molecule has 0 rings (SSSR count). The summed E-state index contributed by atoms with van der Waals surface area (Å²) in [7, 11) is 0. The van der Waals surface area contributed by atoms with Gasteiger partial charge in [0.1, 0.15) is 0 Å². The Kier molecular flexibility index (Phi) is 0.347. The second-order valence-electron chi connectivity index (χ2n) is 0.808. The molecule has 0 aliphatic carbocycles. The van der Waals surface area contributed by atoms with E-state index < -0.39 is 19.2 Å². The van der Waals surface area contributed by atoms with Crippen LogP contribution in [0.15, 0.2) is 0 Å². The van der Waals surface area contributed by atoms with Crippen molar-refractivity contribution in [2.24, 2.45) is 5.73 Å². The molecule has 1 heteroatoms. The number of nitrogens with two attached hydrogens (primary N) is 1. The third kappa shape index (κ3) is 3.96. The zero-order chi connectivity index (χ0) is 9.50. The van der Waals surface area contributed by atoms with Crippen LogP contribution in [0, 0.1) is 0 Å². The van der Waals surface area contributed by atoms with Gasteiger partial charge in [-0.25, -0.2) is 0 Å². The molecule has 5 heavy (non-hydrogen) atoms. The van der Waals surface area contributed by atoms with Crippen molar-refractivity contribution in [2.75, 3.05) is 0 Å². The number of hydrogen-bond donors (Lipinski definition) is 1. The minimum Gasteiger partial charge on any atom is -0.328 e. The molecule has 2 N–H and O–H groups in total. The quantitative estimate of drug-likeness (QED) is 0.493. The minimum absolute atomic E-state index is 1.03. The molecule has 0 aliphatic rings. The van der Waals surface area contributed by atoms with Crippen LogP contribution in [0.1, 0.15) is 28.4 Å². The van der Waals surface area contributed by atoms with Crippen molar-refractivity contribution in [2.45, 2.75) is 26.2 Å². The van der Waals surface area contributed by atoms with Crippen molar-refractivity contribution < 1.29 is 8.22 Å². The van der Waals surface area contributed by atoms with Gasteiger partial charge in [0.2, 0.25) is 0 Å². The molecule has 0 fully saturated rings. The average molecular weight is 79.2 g/mol. The SMILES string of the molecule is [2H]C([2H])([2H])C([2H])([2H])C([2H])(C)N. The summed E-state index contributed by atoms with van der Waals surface area (Å²) in [5.74, 6) is 0. The average Bonchev–Trinajstić information content (AvgIpc) is 1.58. The lowest BCUT2D eigenvalue weighted by atomic mass is 10.3. The second-order valence-corrected chi connectivity index (χ2v) is 0.808. The molecule has 0 bridgehead atoms. The van der Waals surface area contributed by atoms with Crippen LogP contribution >= 0.6 is 0 Å². The molecule has 0 radical (unpaired) electrons. The molecular formula is C4H11N. The lowest BCUT2D eigenvalue weighted by Gasteiger charge is -1.91. The van der Waals surface area contributed by atoms with Crippen LogP contribution in [0.5, 0.6) is 0 Å². The van der Waals surface area contributed by atoms with Crippen molar-refractivity contribution in [3.05, 3.63) is 0 Å². The van der Waals surface area contributed by atoms with E-state index in [4.69, 9.17) is 14.0 Å². The number of rotatable bonds is 1. The van der Waals surface area contributed by atoms with Gasteiger partial charge in [0.05, 0.1) is 0 Å². The molecule has 0 aliphatic heterocycles. The van der Waals surface area contributed by atoms with Gasteiger partial charge < -0.3 is 5.73 Å². The Morgan fingerprint density at radius 1 is 2.60 bits per heavy atom. The summed E-state index contributed by atoms with van der Waals surface area (Å²) in [4.78, 5) is 0. The summed E-state index contributed by atoms with van der Waals surface area (Å²) < 4.78 is 41.3. The van der Waals surface area contributed by atoms with E-state index >= 15 is 0 Å². The molecule has 0 saturated heterocycles. The van der Waals surface area contributed by atoms with Gasteiger partial charge >= 0.3 is 0 Å². The van der Waals surface area contributed by atoms with E-state index in [-0.39, 0.29) is 0 Å². The molecule has 1 unspecified atom stereocenters. The molecule has 0 saturated carbocycles. The fraction of sp³-hybridized carbons (Fsp3) is 1.00. The molecule has 1 nitrogen and oxygen atoms in total. The normalized spacial score (nSPS) is 44.4. The lowest BCUT2D eigenvalue weighted by molar-refractivity contribution is 0.715. The summed E-state index contributed by atoms with van der Waals surface area (Å²) >= 11 is 0. The van der Waals surface area contributed by atoms with Gasteiger partial charge in [0, 0.05) is 14.2 Å². The highest BCUT2D eigenvalue weighted by Crippen LogP contribution is 1.77. The summed E-state index contributed by atoms with van der Waals surface area (Å²) in [5, 5.41) is 0. The van der Waals surface area contributed by atoms with Crippen LogP contribution in [0.2, 0.25) is 0 Å². The monoisotopic (exact) mass is 79.1 g/mol. The van der Waals surface area contributed by atoms with Gasteiger partial charge in [0.25, 0.3) is 0 Å². The van der Waals surface area contributed by atoms with Gasteiger partial charge in [-0.1, -0.05) is 6.85 Å². The predicted molar refractivity (Wildman–Crippen MR) is 23.9 cm³/mol. The molecule has 0 aromatic carbocycles. The zero-order valence-corrected chi connectivity index (χ0v) is 3.08. The van der Waals surface area contributed by atoms with Crippen molar-refractivity contribution in [3.8, 4) is 0 Å². The third-order valence-corrected chi connectivity index (χ3v) is 0.197. The van der Waals surface area contributed by atoms with Crippen molar-refractivity contribution >= 4 is 0 Å². The minimum atomic E-state index is -2.85. The lowest BCUT2D eigenvalue weighted by Crippen LogP contribution is -2.11. The summed E-state index contributed by atoms with van der Waals surface area (Å²) in [6.45, 7) is -1.82. The first-order valence-corrected chi connectivity index (χ1v) is 1.29. The molecule has 0 aromatic rings. The van der Waals surface area contributed by atoms with Gasteiger partial charge in [-0.15, -0.1) is 0 Å². The van der Waals surface area contributed by atoms with E-state index in [1.807, 2.05) is 0 Å². The fourth-order valence-corrected chi connectivity index (χ4v) is 0. The van der Waals surface area contributed by atoms with Crippen LogP contribution in [0.3, 0.4) is 0 Å². The Bertz CT molecular complexity index is 126. The molecular weight excluding hydrogens is 62.1 g/mol. The topological polar surface area (TPSA) is 26.0 Å². The Morgan fingerprint density at radius 2 is 3.20 bits per heavy atom. The highest BCUT2D eigenvalue weighted by atomic mass is 14.6. The Hall–Kier alpha value is -0.0400. The van der Waals surface area contributed by atoms with Gasteiger partial charge in [-0.3, -0.25) is 0 Å². The first kappa shape index (κ1) is 0.784. The largest absolute Gasteiger partial charge is 0.328 e. The van der Waals surface area contributed by atoms with E-state index in [1.165, 1.54) is 0 Å². The van der Waals surface area contributed by atoms with Crippen molar-refractivity contribution in [3.63, 3.8) is 0 Å². The van der Waals surface area contributed by atoms with Gasteiger partial charge in [0.15, 0.2) is 0 Å². The van der Waals surface area contributed by atoms with Crippen molar-refractivity contribution in [1.29, 1.82) is 0 Å². The maximum Gasteiger partial charge on any atom is 0.0459 e. The number of hydrogen-bond acceptors (Lipinski definition) is 1. The van der Waals surface area contributed by atoms with Crippen LogP contribution in [0.25, 0.3) is 0 Å². The van der Waals surface area contributed by atoms with Crippen LogP contribution < -0.4 is 5.73 Å². The maximum atomic E-state index is 7.03. The zero-order valence-electron chi connectivity index (χ0n) is 9.08. The predicted octanol–water partition coefficient (Wildman–Crippen LogP) is 0.744. The van der Waals surface area contributed by atoms with E-state index in [0.29, 0.717) is 0 Å². The van der Waals surface area contributed by atoms with E-state index in [2.05, 4.69) is 0 Å². The van der Waals surface area contributed by atoms with Gasteiger partial charge in [-0.2, -0.15) is 0 Å². The molecule has 0 amide bonds. The first-order valence-electron chi connectivity index (χ1n) is 4.29. The summed E-state index contributed by atoms with van der Waals surface area (Å²) in [6.07, 6.45) is -2.68. The van der Waals surface area contributed by atoms with Crippen molar-refractivity contribution in [1.82, 2.24) is 0 Å². The third-order valence-electron chi connectivity index (χ3n) is 0.197. The van der Waals surface area contributed by atoms with Crippen LogP contribution in [0.4, 0.5) is 0 Å². The molecule has 0 heterocycles. The summed E-state index contributed by atoms with van der Waals surface area (Å²) in [5.41, 5.74) is 5.03. The Labute approximate surface area is 41.6 Å². The smallest absolute Gasteiger partial charge is 0.0459 e. The Morgan fingerprint density at radius 3 is 3.20 bits per heavy atom. The molecule has 0 spiro atoms.